The van der Waals surface area contributed by atoms with Gasteiger partial charge in [-0.15, -0.1) is 0 Å². The highest BCUT2D eigenvalue weighted by molar-refractivity contribution is 5.85. The van der Waals surface area contributed by atoms with Crippen LogP contribution in [0.1, 0.15) is 25.5 Å². The Labute approximate surface area is 158 Å². The molecule has 1 aromatic heterocycles. The second-order valence-corrected chi connectivity index (χ2v) is 7.65. The summed E-state index contributed by atoms with van der Waals surface area (Å²) in [6.07, 6.45) is 2.95. The van der Waals surface area contributed by atoms with Gasteiger partial charge in [-0.3, -0.25) is 0 Å². The Morgan fingerprint density at radius 3 is 2.56 bits per heavy atom. The molecule has 134 valence electrons. The van der Waals surface area contributed by atoms with Crippen molar-refractivity contribution in [3.63, 3.8) is 0 Å². The normalized spacial score (nSPS) is 17.6. The van der Waals surface area contributed by atoms with Crippen LogP contribution < -0.4 is 9.30 Å². The lowest BCUT2D eigenvalue weighted by atomic mass is 9.90. The predicted octanol–water partition coefficient (Wildman–Crippen LogP) is 4.27. The largest absolute Gasteiger partial charge is 0.469 e. The van der Waals surface area contributed by atoms with Crippen LogP contribution in [0.5, 0.6) is 6.01 Å². The Morgan fingerprint density at radius 1 is 0.963 bits per heavy atom. The van der Waals surface area contributed by atoms with Gasteiger partial charge in [-0.25, -0.2) is 0 Å². The monoisotopic (exact) mass is 356 g/mol. The highest BCUT2D eigenvalue weighted by Gasteiger charge is 2.48. The molecule has 0 amide bonds. The predicted molar refractivity (Wildman–Crippen MR) is 105 cm³/mol. The fourth-order valence-corrected chi connectivity index (χ4v) is 3.99. The molecule has 0 spiro atoms. The standard InChI is InChI=1S/C23H22N3O/c1-23(2)21(15-18-11-8-10-17-9-6-7-14-20(17)18)25-16-26(24-22(25)27-23)19-12-4-3-5-13-19/h3-14,16,21H,15H2,1-2H3/q+1. The summed E-state index contributed by atoms with van der Waals surface area (Å²) in [6, 6.07) is 26.1. The number of nitrogens with zero attached hydrogens (tertiary/aromatic N) is 3. The molecule has 0 N–H and O–H groups in total. The highest BCUT2D eigenvalue weighted by atomic mass is 16.5. The molecule has 27 heavy (non-hydrogen) atoms. The first-order valence-electron chi connectivity index (χ1n) is 9.34. The smallest absolute Gasteiger partial charge is 0.429 e. The van der Waals surface area contributed by atoms with Gasteiger partial charge in [-0.2, -0.15) is 4.57 Å². The quantitative estimate of drug-likeness (QED) is 0.513. The summed E-state index contributed by atoms with van der Waals surface area (Å²) >= 11 is 0. The Kier molecular flexibility index (Phi) is 3.54. The van der Waals surface area contributed by atoms with Gasteiger partial charge < -0.3 is 4.74 Å². The highest BCUT2D eigenvalue weighted by Crippen LogP contribution is 2.34. The molecule has 0 bridgehead atoms. The third-order valence-corrected chi connectivity index (χ3v) is 5.45. The molecule has 3 aromatic carbocycles. The Morgan fingerprint density at radius 2 is 1.70 bits per heavy atom. The van der Waals surface area contributed by atoms with Crippen molar-refractivity contribution in [3.05, 3.63) is 84.7 Å². The van der Waals surface area contributed by atoms with Gasteiger partial charge in [-0.1, -0.05) is 65.3 Å². The Hall–Kier alpha value is -3.14. The zero-order valence-electron chi connectivity index (χ0n) is 15.5. The fourth-order valence-electron chi connectivity index (χ4n) is 3.99. The van der Waals surface area contributed by atoms with E-state index >= 15 is 0 Å². The van der Waals surface area contributed by atoms with Gasteiger partial charge >= 0.3 is 6.01 Å². The number of aromatic nitrogens is 3. The Bertz CT molecular complexity index is 1110. The van der Waals surface area contributed by atoms with Crippen LogP contribution >= 0.6 is 0 Å². The molecule has 0 saturated heterocycles. The Balaban J connectivity index is 1.55. The van der Waals surface area contributed by atoms with E-state index in [1.165, 1.54) is 16.3 Å². The van der Waals surface area contributed by atoms with Gasteiger partial charge in [0, 0.05) is 6.42 Å². The molecule has 1 unspecified atom stereocenters. The first-order chi connectivity index (χ1) is 13.1. The molecule has 1 aliphatic rings. The maximum absolute atomic E-state index is 6.22. The van der Waals surface area contributed by atoms with Crippen LogP contribution in [0.2, 0.25) is 0 Å². The fraction of sp³-hybridized carbons (Fsp3) is 0.217. The molecule has 5 rings (SSSR count). The lowest BCUT2D eigenvalue weighted by molar-refractivity contribution is -0.710. The molecule has 0 fully saturated rings. The van der Waals surface area contributed by atoms with Crippen molar-refractivity contribution in [3.8, 4) is 11.7 Å². The molecular formula is C23H22N3O+. The van der Waals surface area contributed by atoms with E-state index in [1.807, 2.05) is 35.0 Å². The van der Waals surface area contributed by atoms with Crippen molar-refractivity contribution in [1.29, 1.82) is 0 Å². The van der Waals surface area contributed by atoms with E-state index in [1.54, 1.807) is 0 Å². The second kappa shape index (κ2) is 5.95. The zero-order chi connectivity index (χ0) is 18.4. The van der Waals surface area contributed by atoms with E-state index in [2.05, 4.69) is 72.3 Å². The second-order valence-electron chi connectivity index (χ2n) is 7.65. The summed E-state index contributed by atoms with van der Waals surface area (Å²) in [4.78, 5) is 0. The van der Waals surface area contributed by atoms with Crippen molar-refractivity contribution < 1.29 is 9.30 Å². The van der Waals surface area contributed by atoms with Crippen molar-refractivity contribution in [2.24, 2.45) is 0 Å². The van der Waals surface area contributed by atoms with E-state index < -0.39 is 0 Å². The van der Waals surface area contributed by atoms with Crippen LogP contribution in [-0.2, 0) is 6.42 Å². The summed E-state index contributed by atoms with van der Waals surface area (Å²) in [5.41, 5.74) is 2.06. The van der Waals surface area contributed by atoms with Crippen LogP contribution in [0.25, 0.3) is 16.5 Å². The van der Waals surface area contributed by atoms with E-state index in [4.69, 9.17) is 4.74 Å². The maximum Gasteiger partial charge on any atom is 0.469 e. The molecule has 4 aromatic rings. The molecule has 0 saturated carbocycles. The van der Waals surface area contributed by atoms with Gasteiger partial charge in [0.05, 0.1) is 5.10 Å². The number of rotatable bonds is 3. The summed E-state index contributed by atoms with van der Waals surface area (Å²) in [5, 5.41) is 7.25. The van der Waals surface area contributed by atoms with E-state index in [0.717, 1.165) is 12.1 Å². The molecule has 0 aliphatic carbocycles. The van der Waals surface area contributed by atoms with E-state index in [-0.39, 0.29) is 11.6 Å². The van der Waals surface area contributed by atoms with Gasteiger partial charge in [0.2, 0.25) is 6.33 Å². The number of benzene rings is 3. The first-order valence-corrected chi connectivity index (χ1v) is 9.34. The van der Waals surface area contributed by atoms with Gasteiger partial charge in [0.25, 0.3) is 0 Å². The van der Waals surface area contributed by atoms with E-state index in [0.29, 0.717) is 6.01 Å². The van der Waals surface area contributed by atoms with Gasteiger partial charge in [0.1, 0.15) is 17.3 Å². The van der Waals surface area contributed by atoms with Crippen LogP contribution in [0.15, 0.2) is 79.1 Å². The number of hydrogen-bond donors (Lipinski definition) is 0. The van der Waals surface area contributed by atoms with Crippen LogP contribution in [-0.4, -0.2) is 15.4 Å². The SMILES string of the molecule is CC1(C)Oc2nn(-c3ccccc3)c[n+]2C1Cc1cccc2ccccc12. The number of ether oxygens (including phenoxy) is 1. The molecule has 1 aliphatic heterocycles. The minimum Gasteiger partial charge on any atom is -0.429 e. The van der Waals surface area contributed by atoms with Crippen LogP contribution in [0, 0.1) is 0 Å². The summed E-state index contributed by atoms with van der Waals surface area (Å²) in [6.45, 7) is 4.29. The molecule has 4 nitrogen and oxygen atoms in total. The average molecular weight is 356 g/mol. The van der Waals surface area contributed by atoms with Crippen molar-refractivity contribution in [2.45, 2.75) is 31.9 Å². The third kappa shape index (κ3) is 2.69. The summed E-state index contributed by atoms with van der Waals surface area (Å²) in [5.74, 6) is 0. The number of fused-ring (bicyclic) bond motifs is 2. The van der Waals surface area contributed by atoms with Crippen molar-refractivity contribution in [1.82, 2.24) is 9.78 Å². The van der Waals surface area contributed by atoms with Crippen molar-refractivity contribution in [2.75, 3.05) is 0 Å². The number of hydrogen-bond acceptors (Lipinski definition) is 2. The minimum absolute atomic E-state index is 0.177. The first kappa shape index (κ1) is 16.1. The van der Waals surface area contributed by atoms with Gasteiger partial charge in [0.15, 0.2) is 0 Å². The average Bonchev–Trinajstić information content (AvgIpc) is 3.18. The summed E-state index contributed by atoms with van der Waals surface area (Å²) in [7, 11) is 0. The lowest BCUT2D eigenvalue weighted by Gasteiger charge is -2.24. The molecule has 2 heterocycles. The zero-order valence-corrected chi connectivity index (χ0v) is 15.5. The molecule has 0 radical (unpaired) electrons. The van der Waals surface area contributed by atoms with Crippen LogP contribution in [0.3, 0.4) is 0 Å². The maximum atomic E-state index is 6.22. The summed E-state index contributed by atoms with van der Waals surface area (Å²) < 4.78 is 10.3. The third-order valence-electron chi connectivity index (χ3n) is 5.45. The van der Waals surface area contributed by atoms with E-state index in [9.17, 15) is 0 Å². The molecular weight excluding hydrogens is 334 g/mol. The topological polar surface area (TPSA) is 30.9 Å². The minimum atomic E-state index is -0.310. The molecule has 1 atom stereocenters. The number of para-hydroxylation sites is 1. The van der Waals surface area contributed by atoms with Crippen molar-refractivity contribution >= 4 is 10.8 Å². The lowest BCUT2D eigenvalue weighted by Crippen LogP contribution is -2.45. The molecule has 4 heteroatoms. The van der Waals surface area contributed by atoms with Gasteiger partial charge in [-0.05, 0) is 42.3 Å². The van der Waals surface area contributed by atoms with Crippen LogP contribution in [0.4, 0.5) is 0 Å².